The van der Waals surface area contributed by atoms with Gasteiger partial charge in [-0.2, -0.15) is 0 Å². The van der Waals surface area contributed by atoms with E-state index in [0.717, 1.165) is 43.1 Å². The lowest BCUT2D eigenvalue weighted by molar-refractivity contribution is -0.0567. The Morgan fingerprint density at radius 2 is 2.20 bits per heavy atom. The maximum absolute atomic E-state index is 13.4. The topological polar surface area (TPSA) is 50.5 Å². The average molecular weight is 345 g/mol. The summed E-state index contributed by atoms with van der Waals surface area (Å²) >= 11 is 0. The molecule has 0 amide bonds. The summed E-state index contributed by atoms with van der Waals surface area (Å²) < 4.78 is 21.5. The third kappa shape index (κ3) is 3.21. The lowest BCUT2D eigenvalue weighted by Gasteiger charge is -2.34. The number of benzene rings is 1. The number of hydrogen-bond acceptors (Lipinski definition) is 4. The van der Waals surface area contributed by atoms with Crippen LogP contribution in [0.15, 0.2) is 30.6 Å². The van der Waals surface area contributed by atoms with Gasteiger partial charge in [-0.15, -0.1) is 0 Å². The van der Waals surface area contributed by atoms with Crippen LogP contribution in [-0.4, -0.2) is 58.0 Å². The molecule has 0 radical (unpaired) electrons. The molecule has 0 unspecified atom stereocenters. The molecule has 3 atom stereocenters. The number of morpholine rings is 1. The summed E-state index contributed by atoms with van der Waals surface area (Å²) in [6, 6.07) is 5.62. The largest absolute Gasteiger partial charge is 0.396 e. The molecule has 2 aliphatic rings. The van der Waals surface area contributed by atoms with Crippen LogP contribution >= 0.6 is 0 Å². The van der Waals surface area contributed by atoms with Crippen LogP contribution in [0.3, 0.4) is 0 Å². The van der Waals surface area contributed by atoms with Crippen molar-refractivity contribution in [2.24, 2.45) is 0 Å². The molecule has 134 valence electrons. The fourth-order valence-corrected chi connectivity index (χ4v) is 4.13. The molecule has 2 saturated heterocycles. The molecule has 0 spiro atoms. The van der Waals surface area contributed by atoms with Crippen LogP contribution in [0.4, 0.5) is 4.39 Å². The number of fused-ring (bicyclic) bond motifs is 1. The van der Waals surface area contributed by atoms with Gasteiger partial charge in [0.15, 0.2) is 0 Å². The number of hydrogen-bond donors (Lipinski definition) is 1. The molecule has 1 N–H and O–H groups in total. The fourth-order valence-electron chi connectivity index (χ4n) is 4.13. The lowest BCUT2D eigenvalue weighted by atomic mass is 10.1. The Hall–Kier alpha value is -1.76. The Bertz CT molecular complexity index is 748. The van der Waals surface area contributed by atoms with Gasteiger partial charge in [0.25, 0.3) is 0 Å². The van der Waals surface area contributed by atoms with Crippen LogP contribution in [0.25, 0.3) is 11.4 Å². The van der Waals surface area contributed by atoms with Gasteiger partial charge in [-0.25, -0.2) is 9.37 Å². The van der Waals surface area contributed by atoms with Gasteiger partial charge < -0.3 is 14.4 Å². The SMILES string of the molecule is Cc1cc(F)ccc1-c1nccn1[C@H]1C[C@H]2CO[C@@H](CCO)CN2C1. The Morgan fingerprint density at radius 1 is 1.32 bits per heavy atom. The number of ether oxygens (including phenoxy) is 1. The maximum Gasteiger partial charge on any atom is 0.140 e. The summed E-state index contributed by atoms with van der Waals surface area (Å²) in [5.74, 6) is 0.680. The Labute approximate surface area is 147 Å². The zero-order chi connectivity index (χ0) is 17.4. The van der Waals surface area contributed by atoms with Crippen LogP contribution in [0.5, 0.6) is 0 Å². The molecule has 2 fully saturated rings. The van der Waals surface area contributed by atoms with Gasteiger partial charge in [0.2, 0.25) is 0 Å². The predicted molar refractivity (Wildman–Crippen MR) is 92.8 cm³/mol. The Kier molecular flexibility index (Phi) is 4.58. The Morgan fingerprint density at radius 3 is 3.00 bits per heavy atom. The number of aliphatic hydroxyl groups is 1. The maximum atomic E-state index is 13.4. The summed E-state index contributed by atoms with van der Waals surface area (Å²) in [5.41, 5.74) is 1.88. The molecular weight excluding hydrogens is 321 g/mol. The van der Waals surface area contributed by atoms with Crippen molar-refractivity contribution in [3.8, 4) is 11.4 Å². The van der Waals surface area contributed by atoms with E-state index < -0.39 is 0 Å². The summed E-state index contributed by atoms with van der Waals surface area (Å²) in [4.78, 5) is 7.01. The summed E-state index contributed by atoms with van der Waals surface area (Å²) in [7, 11) is 0. The number of aryl methyl sites for hydroxylation is 1. The van der Waals surface area contributed by atoms with Crippen LogP contribution in [0.2, 0.25) is 0 Å². The molecule has 3 heterocycles. The first-order valence-corrected chi connectivity index (χ1v) is 8.91. The minimum absolute atomic E-state index is 0.126. The number of imidazole rings is 1. The van der Waals surface area contributed by atoms with E-state index in [1.54, 1.807) is 6.07 Å². The number of aliphatic hydroxyl groups excluding tert-OH is 1. The normalized spacial score (nSPS) is 26.8. The highest BCUT2D eigenvalue weighted by molar-refractivity contribution is 5.60. The van der Waals surface area contributed by atoms with Crippen molar-refractivity contribution in [2.75, 3.05) is 26.3 Å². The van der Waals surface area contributed by atoms with Crippen LogP contribution in [-0.2, 0) is 4.74 Å². The second-order valence-electron chi connectivity index (χ2n) is 7.08. The summed E-state index contributed by atoms with van der Waals surface area (Å²) in [6.07, 6.45) is 5.68. The van der Waals surface area contributed by atoms with Crippen molar-refractivity contribution in [3.05, 3.63) is 42.0 Å². The molecule has 2 aliphatic heterocycles. The minimum Gasteiger partial charge on any atom is -0.396 e. The van der Waals surface area contributed by atoms with Gasteiger partial charge in [-0.1, -0.05) is 0 Å². The van der Waals surface area contributed by atoms with Crippen molar-refractivity contribution < 1.29 is 14.2 Å². The van der Waals surface area contributed by atoms with E-state index >= 15 is 0 Å². The van der Waals surface area contributed by atoms with E-state index in [0.29, 0.717) is 18.5 Å². The van der Waals surface area contributed by atoms with Crippen LogP contribution in [0, 0.1) is 12.7 Å². The molecule has 4 rings (SSSR count). The molecule has 1 aromatic heterocycles. The second kappa shape index (κ2) is 6.86. The number of aromatic nitrogens is 2. The van der Waals surface area contributed by atoms with Crippen molar-refractivity contribution in [3.63, 3.8) is 0 Å². The smallest absolute Gasteiger partial charge is 0.140 e. The minimum atomic E-state index is -0.218. The van der Waals surface area contributed by atoms with Gasteiger partial charge in [0, 0.05) is 49.7 Å². The van der Waals surface area contributed by atoms with Gasteiger partial charge in [-0.3, -0.25) is 4.90 Å². The zero-order valence-corrected chi connectivity index (χ0v) is 14.4. The van der Waals surface area contributed by atoms with Crippen LogP contribution in [0.1, 0.15) is 24.4 Å². The molecule has 5 nitrogen and oxygen atoms in total. The first kappa shape index (κ1) is 16.7. The highest BCUT2D eigenvalue weighted by Crippen LogP contribution is 2.34. The standard InChI is InChI=1S/C19H24FN3O2/c1-13-8-14(20)2-3-18(13)19-21-5-6-23(19)15-9-16-12-25-17(4-7-24)11-22(16)10-15/h2-3,5-6,8,15-17,24H,4,7,9-12H2,1H3/t15-,16-,17-/m0/s1. The molecule has 1 aromatic carbocycles. The highest BCUT2D eigenvalue weighted by Gasteiger charge is 2.38. The van der Waals surface area contributed by atoms with Gasteiger partial charge >= 0.3 is 0 Å². The van der Waals surface area contributed by atoms with Crippen molar-refractivity contribution in [2.45, 2.75) is 38.0 Å². The molecule has 25 heavy (non-hydrogen) atoms. The first-order valence-electron chi connectivity index (χ1n) is 8.91. The molecular formula is C19H24FN3O2. The lowest BCUT2D eigenvalue weighted by Crippen LogP contribution is -2.46. The average Bonchev–Trinajstić information content (AvgIpc) is 3.21. The Balaban J connectivity index is 1.55. The van der Waals surface area contributed by atoms with E-state index in [2.05, 4.69) is 14.5 Å². The number of nitrogens with zero attached hydrogens (tertiary/aromatic N) is 3. The van der Waals surface area contributed by atoms with Crippen molar-refractivity contribution in [1.29, 1.82) is 0 Å². The third-order valence-electron chi connectivity index (χ3n) is 5.41. The fraction of sp³-hybridized carbons (Fsp3) is 0.526. The summed E-state index contributed by atoms with van der Waals surface area (Å²) in [6.45, 7) is 4.65. The van der Waals surface area contributed by atoms with E-state index in [4.69, 9.17) is 9.84 Å². The zero-order valence-electron chi connectivity index (χ0n) is 14.4. The van der Waals surface area contributed by atoms with Crippen molar-refractivity contribution >= 4 is 0 Å². The van der Waals surface area contributed by atoms with E-state index in [-0.39, 0.29) is 18.5 Å². The highest BCUT2D eigenvalue weighted by atomic mass is 19.1. The van der Waals surface area contributed by atoms with E-state index in [1.807, 2.05) is 25.4 Å². The first-order chi connectivity index (χ1) is 12.2. The van der Waals surface area contributed by atoms with Gasteiger partial charge in [0.1, 0.15) is 11.6 Å². The quantitative estimate of drug-likeness (QED) is 0.924. The second-order valence-corrected chi connectivity index (χ2v) is 7.08. The van der Waals surface area contributed by atoms with Crippen LogP contribution < -0.4 is 0 Å². The van der Waals surface area contributed by atoms with Crippen molar-refractivity contribution in [1.82, 2.24) is 14.5 Å². The number of halogens is 1. The molecule has 0 saturated carbocycles. The third-order valence-corrected chi connectivity index (χ3v) is 5.41. The molecule has 2 aromatic rings. The monoisotopic (exact) mass is 345 g/mol. The van der Waals surface area contributed by atoms with E-state index in [1.165, 1.54) is 6.07 Å². The summed E-state index contributed by atoms with van der Waals surface area (Å²) in [5, 5.41) is 9.13. The van der Waals surface area contributed by atoms with Gasteiger partial charge in [0.05, 0.1) is 12.7 Å². The van der Waals surface area contributed by atoms with Gasteiger partial charge in [-0.05, 0) is 43.5 Å². The molecule has 0 bridgehead atoms. The van der Waals surface area contributed by atoms with E-state index in [9.17, 15) is 4.39 Å². The number of rotatable bonds is 4. The molecule has 6 heteroatoms. The predicted octanol–water partition coefficient (Wildman–Crippen LogP) is 2.39. The molecule has 0 aliphatic carbocycles.